The largest absolute Gasteiger partial charge is 0.327 e. The maximum absolute atomic E-state index is 13.7. The van der Waals surface area contributed by atoms with Gasteiger partial charge in [0.15, 0.2) is 0 Å². The van der Waals surface area contributed by atoms with Gasteiger partial charge in [0, 0.05) is 17.8 Å². The number of carbonyl (C=O) groups is 1. The number of aromatic nitrogens is 2. The zero-order valence-corrected chi connectivity index (χ0v) is 14.7. The maximum atomic E-state index is 13.7. The number of fused-ring (bicyclic) bond motifs is 1. The lowest BCUT2D eigenvalue weighted by Gasteiger charge is -2.09. The predicted molar refractivity (Wildman–Crippen MR) is 99.5 cm³/mol. The van der Waals surface area contributed by atoms with Gasteiger partial charge in [-0.25, -0.2) is 13.8 Å². The first-order valence-corrected chi connectivity index (χ1v) is 9.04. The molecule has 4 rings (SSSR count). The molecule has 0 atom stereocenters. The standard InChI is InChI=1S/C21H19F2N3O/c22-15-8-10-17(11-9-15)24-21(27)19-18-7-2-1-3-12-26(18)20(25-19)14-5-4-6-16(23)13-14/h4-6,8-11,13H,1-3,7,12H2,(H,24,27). The molecule has 2 heterocycles. The lowest BCUT2D eigenvalue weighted by molar-refractivity contribution is 0.102. The van der Waals surface area contributed by atoms with Crippen LogP contribution in [-0.2, 0) is 13.0 Å². The number of rotatable bonds is 3. The number of nitrogens with zero attached hydrogens (tertiary/aromatic N) is 2. The summed E-state index contributed by atoms with van der Waals surface area (Å²) in [5, 5.41) is 2.78. The Kier molecular flexibility index (Phi) is 4.71. The maximum Gasteiger partial charge on any atom is 0.276 e. The van der Waals surface area contributed by atoms with Crippen molar-refractivity contribution >= 4 is 11.6 Å². The van der Waals surface area contributed by atoms with Crippen molar-refractivity contribution in [3.05, 3.63) is 71.6 Å². The Bertz CT molecular complexity index is 980. The fraction of sp³-hybridized carbons (Fsp3) is 0.238. The van der Waals surface area contributed by atoms with E-state index in [4.69, 9.17) is 0 Å². The van der Waals surface area contributed by atoms with Crippen LogP contribution < -0.4 is 5.32 Å². The van der Waals surface area contributed by atoms with Gasteiger partial charge in [-0.2, -0.15) is 0 Å². The molecule has 27 heavy (non-hydrogen) atoms. The van der Waals surface area contributed by atoms with Crippen molar-refractivity contribution in [2.75, 3.05) is 5.32 Å². The van der Waals surface area contributed by atoms with Crippen molar-refractivity contribution in [3.8, 4) is 11.4 Å². The number of nitrogens with one attached hydrogen (secondary N) is 1. The summed E-state index contributed by atoms with van der Waals surface area (Å²) in [6.07, 6.45) is 3.79. The molecule has 0 radical (unpaired) electrons. The fourth-order valence-corrected chi connectivity index (χ4v) is 3.47. The van der Waals surface area contributed by atoms with E-state index in [0.29, 0.717) is 22.8 Å². The van der Waals surface area contributed by atoms with Crippen LogP contribution in [0.15, 0.2) is 48.5 Å². The van der Waals surface area contributed by atoms with E-state index in [1.807, 2.05) is 4.57 Å². The molecule has 0 saturated heterocycles. The van der Waals surface area contributed by atoms with Gasteiger partial charge >= 0.3 is 0 Å². The molecule has 0 saturated carbocycles. The topological polar surface area (TPSA) is 46.9 Å². The summed E-state index contributed by atoms with van der Waals surface area (Å²) in [7, 11) is 0. The van der Waals surface area contributed by atoms with Crippen LogP contribution in [0.5, 0.6) is 0 Å². The first-order chi connectivity index (χ1) is 13.1. The number of amides is 1. The molecule has 1 aromatic heterocycles. The first-order valence-electron chi connectivity index (χ1n) is 9.04. The number of imidazole rings is 1. The van der Waals surface area contributed by atoms with Crippen LogP contribution in [0.25, 0.3) is 11.4 Å². The van der Waals surface area contributed by atoms with Gasteiger partial charge in [-0.15, -0.1) is 0 Å². The molecule has 1 aliphatic heterocycles. The molecule has 1 N–H and O–H groups in total. The zero-order chi connectivity index (χ0) is 18.8. The normalized spacial score (nSPS) is 13.7. The molecular formula is C21H19F2N3O. The minimum absolute atomic E-state index is 0.337. The van der Waals surface area contributed by atoms with Crippen LogP contribution in [-0.4, -0.2) is 15.5 Å². The van der Waals surface area contributed by atoms with Gasteiger partial charge in [0.2, 0.25) is 0 Å². The Morgan fingerprint density at radius 1 is 1.00 bits per heavy atom. The Morgan fingerprint density at radius 3 is 2.59 bits per heavy atom. The summed E-state index contributed by atoms with van der Waals surface area (Å²) in [6, 6.07) is 11.9. The van der Waals surface area contributed by atoms with E-state index < -0.39 is 0 Å². The van der Waals surface area contributed by atoms with E-state index >= 15 is 0 Å². The Balaban J connectivity index is 1.74. The van der Waals surface area contributed by atoms with E-state index in [0.717, 1.165) is 37.9 Å². The highest BCUT2D eigenvalue weighted by atomic mass is 19.1. The van der Waals surface area contributed by atoms with Crippen LogP contribution in [0.1, 0.15) is 35.4 Å². The summed E-state index contributed by atoms with van der Waals surface area (Å²) in [6.45, 7) is 0.748. The lowest BCUT2D eigenvalue weighted by atomic mass is 10.1. The molecule has 4 nitrogen and oxygen atoms in total. The molecule has 2 aromatic carbocycles. The van der Waals surface area contributed by atoms with Crippen LogP contribution in [0.2, 0.25) is 0 Å². The highest BCUT2D eigenvalue weighted by molar-refractivity contribution is 6.04. The second-order valence-corrected chi connectivity index (χ2v) is 6.66. The summed E-state index contributed by atoms with van der Waals surface area (Å²) >= 11 is 0. The zero-order valence-electron chi connectivity index (χ0n) is 14.7. The Hall–Kier alpha value is -3.02. The SMILES string of the molecule is O=C(Nc1ccc(F)cc1)c1nc(-c2cccc(F)c2)n2c1CCCCC2. The number of hydrogen-bond donors (Lipinski definition) is 1. The van der Waals surface area contributed by atoms with Crippen LogP contribution in [0.3, 0.4) is 0 Å². The second-order valence-electron chi connectivity index (χ2n) is 6.66. The van der Waals surface area contributed by atoms with E-state index in [2.05, 4.69) is 10.3 Å². The van der Waals surface area contributed by atoms with Crippen molar-refractivity contribution in [2.24, 2.45) is 0 Å². The molecule has 6 heteroatoms. The van der Waals surface area contributed by atoms with E-state index in [1.165, 1.54) is 36.4 Å². The third-order valence-electron chi connectivity index (χ3n) is 4.77. The Morgan fingerprint density at radius 2 is 1.81 bits per heavy atom. The van der Waals surface area contributed by atoms with Crippen molar-refractivity contribution < 1.29 is 13.6 Å². The van der Waals surface area contributed by atoms with Crippen LogP contribution >= 0.6 is 0 Å². The average molecular weight is 367 g/mol. The van der Waals surface area contributed by atoms with Gasteiger partial charge in [-0.1, -0.05) is 18.6 Å². The summed E-state index contributed by atoms with van der Waals surface area (Å²) < 4.78 is 28.8. The van der Waals surface area contributed by atoms with Crippen molar-refractivity contribution in [2.45, 2.75) is 32.2 Å². The van der Waals surface area contributed by atoms with Gasteiger partial charge in [0.1, 0.15) is 23.2 Å². The number of hydrogen-bond acceptors (Lipinski definition) is 2. The minimum atomic E-state index is -0.364. The summed E-state index contributed by atoms with van der Waals surface area (Å²) in [4.78, 5) is 17.4. The molecular weight excluding hydrogens is 348 g/mol. The molecule has 1 amide bonds. The Labute approximate surface area is 155 Å². The highest BCUT2D eigenvalue weighted by Gasteiger charge is 2.24. The smallest absolute Gasteiger partial charge is 0.276 e. The molecule has 0 spiro atoms. The van der Waals surface area contributed by atoms with E-state index in [-0.39, 0.29) is 17.5 Å². The summed E-state index contributed by atoms with van der Waals surface area (Å²) in [5.74, 6) is -0.432. The van der Waals surface area contributed by atoms with Crippen molar-refractivity contribution in [1.29, 1.82) is 0 Å². The van der Waals surface area contributed by atoms with Crippen molar-refractivity contribution in [1.82, 2.24) is 9.55 Å². The minimum Gasteiger partial charge on any atom is -0.327 e. The van der Waals surface area contributed by atoms with Gasteiger partial charge < -0.3 is 9.88 Å². The molecule has 138 valence electrons. The lowest BCUT2D eigenvalue weighted by Crippen LogP contribution is -2.15. The molecule has 0 fully saturated rings. The first kappa shape index (κ1) is 17.4. The summed E-state index contributed by atoms with van der Waals surface area (Å²) in [5.41, 5.74) is 2.37. The van der Waals surface area contributed by atoms with Crippen LogP contribution in [0.4, 0.5) is 14.5 Å². The number of anilines is 1. The van der Waals surface area contributed by atoms with E-state index in [1.54, 1.807) is 12.1 Å². The monoisotopic (exact) mass is 367 g/mol. The van der Waals surface area contributed by atoms with Gasteiger partial charge in [0.25, 0.3) is 5.91 Å². The van der Waals surface area contributed by atoms with Gasteiger partial charge in [-0.3, -0.25) is 4.79 Å². The molecule has 0 unspecified atom stereocenters. The van der Waals surface area contributed by atoms with Gasteiger partial charge in [0.05, 0.1) is 5.69 Å². The average Bonchev–Trinajstić information content (AvgIpc) is 2.85. The molecule has 3 aromatic rings. The van der Waals surface area contributed by atoms with E-state index in [9.17, 15) is 13.6 Å². The van der Waals surface area contributed by atoms with Crippen LogP contribution in [0, 0.1) is 11.6 Å². The molecule has 0 aliphatic carbocycles. The third kappa shape index (κ3) is 3.60. The number of halogens is 2. The number of carbonyl (C=O) groups excluding carboxylic acids is 1. The third-order valence-corrected chi connectivity index (χ3v) is 4.77. The highest BCUT2D eigenvalue weighted by Crippen LogP contribution is 2.28. The van der Waals surface area contributed by atoms with Gasteiger partial charge in [-0.05, 0) is 55.7 Å². The second kappa shape index (κ2) is 7.31. The quantitative estimate of drug-likeness (QED) is 0.722. The number of benzene rings is 2. The fourth-order valence-electron chi connectivity index (χ4n) is 3.47. The predicted octanol–water partition coefficient (Wildman–Crippen LogP) is 4.81. The molecule has 0 bridgehead atoms. The van der Waals surface area contributed by atoms with Crippen molar-refractivity contribution in [3.63, 3.8) is 0 Å². The molecule has 1 aliphatic rings.